The maximum Gasteiger partial charge on any atom is 0.237 e. The summed E-state index contributed by atoms with van der Waals surface area (Å²) in [5, 5.41) is 8.77. The van der Waals surface area contributed by atoms with Gasteiger partial charge >= 0.3 is 0 Å². The molecule has 0 radical (unpaired) electrons. The van der Waals surface area contributed by atoms with E-state index in [9.17, 15) is 18.0 Å². The molecule has 5 nitrogen and oxygen atoms in total. The van der Waals surface area contributed by atoms with Crippen LogP contribution in [0.4, 0.5) is 18.9 Å². The highest BCUT2D eigenvalue weighted by atomic mass is 32.2. The van der Waals surface area contributed by atoms with Gasteiger partial charge in [-0.25, -0.2) is 18.2 Å². The van der Waals surface area contributed by atoms with Crippen LogP contribution < -0.4 is 5.32 Å². The van der Waals surface area contributed by atoms with Crippen LogP contribution in [0, 0.1) is 17.5 Å². The quantitative estimate of drug-likeness (QED) is 0.465. The van der Waals surface area contributed by atoms with E-state index in [1.165, 1.54) is 5.56 Å². The fraction of sp³-hybridized carbons (Fsp3) is 0.211. The molecule has 0 aliphatic rings. The van der Waals surface area contributed by atoms with Gasteiger partial charge in [-0.2, -0.15) is 0 Å². The third-order valence-corrected chi connectivity index (χ3v) is 5.01. The Bertz CT molecular complexity index is 991. The van der Waals surface area contributed by atoms with Crippen molar-refractivity contribution in [2.24, 2.45) is 0 Å². The average Bonchev–Trinajstić information content (AvgIpc) is 3.16. The van der Waals surface area contributed by atoms with Crippen molar-refractivity contribution < 1.29 is 18.0 Å². The fourth-order valence-electron chi connectivity index (χ4n) is 2.39. The van der Waals surface area contributed by atoms with Crippen LogP contribution in [0.15, 0.2) is 41.6 Å². The van der Waals surface area contributed by atoms with Crippen LogP contribution in [0.1, 0.15) is 19.4 Å². The Balaban J connectivity index is 1.66. The lowest BCUT2D eigenvalue weighted by atomic mass is 10.1. The zero-order chi connectivity index (χ0) is 20.3. The number of carbonyl (C=O) groups is 1. The molecular weight excluding hydrogens is 389 g/mol. The summed E-state index contributed by atoms with van der Waals surface area (Å²) < 4.78 is 39.9. The molecule has 2 aromatic carbocycles. The molecule has 1 atom stereocenters. The molecule has 0 spiro atoms. The van der Waals surface area contributed by atoms with Crippen LogP contribution in [0.3, 0.4) is 0 Å². The predicted octanol–water partition coefficient (Wildman–Crippen LogP) is 4.57. The fourth-order valence-corrected chi connectivity index (χ4v) is 3.12. The highest BCUT2D eigenvalue weighted by Crippen LogP contribution is 2.25. The molecule has 0 aliphatic carbocycles. The molecule has 1 amide bonds. The molecule has 28 heavy (non-hydrogen) atoms. The van der Waals surface area contributed by atoms with Crippen LogP contribution in [-0.4, -0.2) is 26.3 Å². The van der Waals surface area contributed by atoms with Crippen LogP contribution in [0.25, 0.3) is 11.4 Å². The predicted molar refractivity (Wildman–Crippen MR) is 101 cm³/mol. The van der Waals surface area contributed by atoms with Gasteiger partial charge in [0.1, 0.15) is 0 Å². The molecule has 2 N–H and O–H groups in total. The van der Waals surface area contributed by atoms with Gasteiger partial charge in [-0.3, -0.25) is 9.89 Å². The molecule has 0 fully saturated rings. The largest absolute Gasteiger partial charge is 0.323 e. The first-order valence-corrected chi connectivity index (χ1v) is 9.39. The number of H-pyrrole nitrogens is 1. The molecule has 3 rings (SSSR count). The van der Waals surface area contributed by atoms with Crippen molar-refractivity contribution in [3.8, 4) is 11.4 Å². The summed E-state index contributed by atoms with van der Waals surface area (Å²) in [4.78, 5) is 16.6. The second-order valence-corrected chi connectivity index (χ2v) is 7.30. The highest BCUT2D eigenvalue weighted by molar-refractivity contribution is 8.00. The smallest absolute Gasteiger partial charge is 0.237 e. The Hall–Kier alpha value is -2.81. The van der Waals surface area contributed by atoms with Crippen molar-refractivity contribution in [1.29, 1.82) is 0 Å². The normalized spacial score (nSPS) is 12.0. The Kier molecular flexibility index (Phi) is 6.03. The number of nitrogens with one attached hydrogen (secondary N) is 2. The average molecular weight is 406 g/mol. The third kappa shape index (κ3) is 4.36. The van der Waals surface area contributed by atoms with Gasteiger partial charge in [0, 0.05) is 5.56 Å². The van der Waals surface area contributed by atoms with E-state index in [1.807, 2.05) is 24.3 Å². The van der Waals surface area contributed by atoms with Crippen molar-refractivity contribution in [3.63, 3.8) is 0 Å². The van der Waals surface area contributed by atoms with E-state index in [2.05, 4.69) is 27.4 Å². The summed E-state index contributed by atoms with van der Waals surface area (Å²) in [6.45, 7) is 3.64. The van der Waals surface area contributed by atoms with E-state index in [0.29, 0.717) is 11.0 Å². The maximum absolute atomic E-state index is 13.7. The molecule has 9 heteroatoms. The number of benzene rings is 2. The molecule has 0 bridgehead atoms. The van der Waals surface area contributed by atoms with Crippen LogP contribution in [-0.2, 0) is 11.2 Å². The number of hydrogen-bond donors (Lipinski definition) is 2. The molecule has 0 saturated heterocycles. The topological polar surface area (TPSA) is 70.7 Å². The summed E-state index contributed by atoms with van der Waals surface area (Å²) in [6, 6.07) is 9.56. The third-order valence-electron chi connectivity index (χ3n) is 4.04. The Morgan fingerprint density at radius 3 is 2.54 bits per heavy atom. The van der Waals surface area contributed by atoms with Gasteiger partial charge in [-0.1, -0.05) is 43.0 Å². The van der Waals surface area contributed by atoms with Crippen molar-refractivity contribution in [3.05, 3.63) is 59.4 Å². The summed E-state index contributed by atoms with van der Waals surface area (Å²) >= 11 is 1.05. The van der Waals surface area contributed by atoms with E-state index in [4.69, 9.17) is 0 Å². The summed E-state index contributed by atoms with van der Waals surface area (Å²) in [5.74, 6) is -4.43. The van der Waals surface area contributed by atoms with Gasteiger partial charge < -0.3 is 5.32 Å². The van der Waals surface area contributed by atoms with Gasteiger partial charge in [0.25, 0.3) is 0 Å². The van der Waals surface area contributed by atoms with E-state index in [-0.39, 0.29) is 0 Å². The van der Waals surface area contributed by atoms with Gasteiger partial charge in [-0.05, 0) is 31.0 Å². The van der Waals surface area contributed by atoms with E-state index in [1.54, 1.807) is 6.92 Å². The number of aryl methyl sites for hydroxylation is 1. The Morgan fingerprint density at radius 1 is 1.14 bits per heavy atom. The zero-order valence-electron chi connectivity index (χ0n) is 15.1. The minimum Gasteiger partial charge on any atom is -0.323 e. The van der Waals surface area contributed by atoms with E-state index >= 15 is 0 Å². The number of halogens is 3. The van der Waals surface area contributed by atoms with Gasteiger partial charge in [-0.15, -0.1) is 5.10 Å². The number of nitrogens with zero attached hydrogens (tertiary/aromatic N) is 2. The first kappa shape index (κ1) is 19.9. The lowest BCUT2D eigenvalue weighted by Crippen LogP contribution is -2.23. The molecular formula is C19H17F3N4OS. The van der Waals surface area contributed by atoms with Gasteiger partial charge in [0.2, 0.25) is 11.1 Å². The van der Waals surface area contributed by atoms with Crippen molar-refractivity contribution in [2.45, 2.75) is 30.7 Å². The number of thioether (sulfide) groups is 1. The van der Waals surface area contributed by atoms with E-state index in [0.717, 1.165) is 35.9 Å². The zero-order valence-corrected chi connectivity index (χ0v) is 15.9. The number of rotatable bonds is 6. The lowest BCUT2D eigenvalue weighted by Gasteiger charge is -2.11. The number of aromatic amines is 1. The van der Waals surface area contributed by atoms with E-state index < -0.39 is 34.3 Å². The Morgan fingerprint density at radius 2 is 1.86 bits per heavy atom. The summed E-state index contributed by atoms with van der Waals surface area (Å²) in [5.41, 5.74) is 1.63. The standard InChI is InChI=1S/C19H17F3N4OS/c1-3-11-4-6-12(7-5-11)17-24-19(26-25-17)28-10(2)18(27)23-14-9-8-13(20)15(21)16(14)22/h4-10H,3H2,1-2H3,(H,23,27)(H,24,25,26)/t10-/m0/s1. The monoisotopic (exact) mass is 406 g/mol. The molecule has 3 aromatic rings. The minimum absolute atomic E-state index is 0.336. The highest BCUT2D eigenvalue weighted by Gasteiger charge is 2.21. The summed E-state index contributed by atoms with van der Waals surface area (Å²) in [7, 11) is 0. The summed E-state index contributed by atoms with van der Waals surface area (Å²) in [6.07, 6.45) is 0.933. The number of amides is 1. The molecule has 1 aromatic heterocycles. The van der Waals surface area contributed by atoms with Crippen LogP contribution >= 0.6 is 11.8 Å². The number of hydrogen-bond acceptors (Lipinski definition) is 4. The molecule has 1 heterocycles. The molecule has 0 unspecified atom stereocenters. The number of aromatic nitrogens is 3. The lowest BCUT2D eigenvalue weighted by molar-refractivity contribution is -0.115. The number of anilines is 1. The first-order valence-electron chi connectivity index (χ1n) is 8.51. The van der Waals surface area contributed by atoms with Gasteiger partial charge in [0.05, 0.1) is 10.9 Å². The molecule has 0 aliphatic heterocycles. The maximum atomic E-state index is 13.7. The molecule has 0 saturated carbocycles. The van der Waals surface area contributed by atoms with Crippen LogP contribution in [0.2, 0.25) is 0 Å². The van der Waals surface area contributed by atoms with Crippen LogP contribution in [0.5, 0.6) is 0 Å². The van der Waals surface area contributed by atoms with Crippen molar-refractivity contribution in [1.82, 2.24) is 15.2 Å². The first-order chi connectivity index (χ1) is 13.4. The second kappa shape index (κ2) is 8.47. The second-order valence-electron chi connectivity index (χ2n) is 5.99. The van der Waals surface area contributed by atoms with Gasteiger partial charge in [0.15, 0.2) is 23.3 Å². The number of carbonyl (C=O) groups excluding carboxylic acids is 1. The SMILES string of the molecule is CCc1ccc(-c2nc(S[C@@H](C)C(=O)Nc3ccc(F)c(F)c3F)n[nH]2)cc1. The Labute approximate surface area is 163 Å². The van der Waals surface area contributed by atoms with Crippen molar-refractivity contribution in [2.75, 3.05) is 5.32 Å². The minimum atomic E-state index is -1.63. The molecule has 146 valence electrons. The van der Waals surface area contributed by atoms with Crippen molar-refractivity contribution >= 4 is 23.4 Å².